The van der Waals surface area contributed by atoms with E-state index < -0.39 is 0 Å². The lowest BCUT2D eigenvalue weighted by molar-refractivity contribution is 0.332. The van der Waals surface area contributed by atoms with Crippen LogP contribution in [0, 0.1) is 0 Å². The number of nitrogens with one attached hydrogen (secondary N) is 1. The van der Waals surface area contributed by atoms with Gasteiger partial charge in [0.2, 0.25) is 5.95 Å². The van der Waals surface area contributed by atoms with Crippen LogP contribution < -0.4 is 5.32 Å². The van der Waals surface area contributed by atoms with Gasteiger partial charge in [-0.15, -0.1) is 0 Å². The molecule has 1 heterocycles. The van der Waals surface area contributed by atoms with Crippen LogP contribution in [0.5, 0.6) is 0 Å². The number of aromatic nitrogens is 2. The summed E-state index contributed by atoms with van der Waals surface area (Å²) in [6.45, 7) is 4.49. The number of hydrogen-bond acceptors (Lipinski definition) is 4. The first-order chi connectivity index (χ1) is 17.6. The zero-order chi connectivity index (χ0) is 24.9. The molecule has 0 unspecified atom stereocenters. The van der Waals surface area contributed by atoms with Crippen LogP contribution in [0.25, 0.3) is 11.3 Å². The maximum atomic E-state index is 4.97. The molecule has 1 atom stereocenters. The molecule has 1 aliphatic carbocycles. The van der Waals surface area contributed by atoms with Crippen LogP contribution in [0.3, 0.4) is 0 Å². The largest absolute Gasteiger partial charge is 0.324 e. The molecule has 0 bridgehead atoms. The number of nitrogens with zero attached hydrogens (tertiary/aromatic N) is 3. The van der Waals surface area contributed by atoms with Crippen LogP contribution in [-0.4, -0.2) is 35.0 Å². The Morgan fingerprint density at radius 3 is 2.53 bits per heavy atom. The molecular weight excluding hydrogens is 508 g/mol. The lowest BCUT2D eigenvalue weighted by atomic mass is 9.78. The maximum absolute atomic E-state index is 4.97. The Kier molecular flexibility index (Phi) is 7.78. The van der Waals surface area contributed by atoms with Gasteiger partial charge in [0.25, 0.3) is 0 Å². The Labute approximate surface area is 222 Å². The highest BCUT2D eigenvalue weighted by atomic mass is 79.9. The smallest absolute Gasteiger partial charge is 0.227 e. The van der Waals surface area contributed by atoms with E-state index in [0.29, 0.717) is 11.9 Å². The van der Waals surface area contributed by atoms with Gasteiger partial charge in [-0.05, 0) is 79.4 Å². The van der Waals surface area contributed by atoms with Crippen molar-refractivity contribution in [2.24, 2.45) is 0 Å². The van der Waals surface area contributed by atoms with Gasteiger partial charge >= 0.3 is 0 Å². The average Bonchev–Trinajstić information content (AvgIpc) is 2.91. The highest BCUT2D eigenvalue weighted by molar-refractivity contribution is 9.10. The third kappa shape index (κ3) is 5.69. The zero-order valence-corrected chi connectivity index (χ0v) is 22.6. The van der Waals surface area contributed by atoms with E-state index in [4.69, 9.17) is 4.98 Å². The van der Waals surface area contributed by atoms with E-state index in [9.17, 15) is 0 Å². The molecule has 3 aromatic carbocycles. The fourth-order valence-electron chi connectivity index (χ4n) is 4.93. The molecule has 36 heavy (non-hydrogen) atoms. The second kappa shape index (κ2) is 11.4. The molecule has 0 saturated carbocycles. The molecule has 4 nitrogen and oxygen atoms in total. The standard InChI is InChI=1S/C31H33BrN4/c1-3-4-18-36(2)19-17-22-9-15-26(16-10-22)34-31-33-21-24-20-29(23-11-13-25(32)14-12-23)27-7-5-6-8-28(27)30(24)35-31/h5-16,21,29H,3-4,17-20H2,1-2H3,(H,33,34,35)/t29-/m1/s1. The highest BCUT2D eigenvalue weighted by Crippen LogP contribution is 2.42. The van der Waals surface area contributed by atoms with Gasteiger partial charge in [0.1, 0.15) is 0 Å². The summed E-state index contributed by atoms with van der Waals surface area (Å²) in [5, 5.41) is 3.42. The van der Waals surface area contributed by atoms with Gasteiger partial charge in [0.05, 0.1) is 5.69 Å². The van der Waals surface area contributed by atoms with Crippen molar-refractivity contribution in [2.45, 2.75) is 38.5 Å². The van der Waals surface area contributed by atoms with Crippen molar-refractivity contribution in [3.63, 3.8) is 0 Å². The molecular formula is C31H33BrN4. The van der Waals surface area contributed by atoms with Crippen LogP contribution in [0.1, 0.15) is 47.9 Å². The number of benzene rings is 3. The molecule has 0 radical (unpaired) electrons. The van der Waals surface area contributed by atoms with Crippen molar-refractivity contribution in [2.75, 3.05) is 25.5 Å². The summed E-state index contributed by atoms with van der Waals surface area (Å²) in [7, 11) is 2.21. The van der Waals surface area contributed by atoms with Gasteiger partial charge in [0.15, 0.2) is 0 Å². The minimum atomic E-state index is 0.303. The summed E-state index contributed by atoms with van der Waals surface area (Å²) >= 11 is 3.56. The Balaban J connectivity index is 1.31. The van der Waals surface area contributed by atoms with Gasteiger partial charge in [-0.1, -0.05) is 77.8 Å². The van der Waals surface area contributed by atoms with E-state index in [1.165, 1.54) is 47.2 Å². The fourth-order valence-corrected chi connectivity index (χ4v) is 5.20. The third-order valence-corrected chi connectivity index (χ3v) is 7.57. The van der Waals surface area contributed by atoms with Crippen molar-refractivity contribution >= 4 is 27.6 Å². The lowest BCUT2D eigenvalue weighted by Gasteiger charge is -2.27. The molecule has 0 saturated heterocycles. The maximum Gasteiger partial charge on any atom is 0.227 e. The predicted octanol–water partition coefficient (Wildman–Crippen LogP) is 7.61. The van der Waals surface area contributed by atoms with Crippen LogP contribution in [0.2, 0.25) is 0 Å². The minimum absolute atomic E-state index is 0.303. The molecule has 4 aromatic rings. The van der Waals surface area contributed by atoms with Gasteiger partial charge in [-0.2, -0.15) is 0 Å². The van der Waals surface area contributed by atoms with Gasteiger partial charge in [0, 0.05) is 34.4 Å². The second-order valence-electron chi connectivity index (χ2n) is 9.69. The molecule has 5 rings (SSSR count). The molecule has 0 amide bonds. The van der Waals surface area contributed by atoms with Crippen LogP contribution in [0.4, 0.5) is 11.6 Å². The summed E-state index contributed by atoms with van der Waals surface area (Å²) < 4.78 is 1.10. The predicted molar refractivity (Wildman–Crippen MR) is 153 cm³/mol. The van der Waals surface area contributed by atoms with Crippen LogP contribution >= 0.6 is 15.9 Å². The summed E-state index contributed by atoms with van der Waals surface area (Å²) in [5.41, 5.74) is 8.41. The Bertz CT molecular complexity index is 1300. The van der Waals surface area contributed by atoms with Gasteiger partial charge in [-0.25, -0.2) is 9.97 Å². The number of unbranched alkanes of at least 4 members (excludes halogenated alkanes) is 1. The molecule has 184 valence electrons. The van der Waals surface area contributed by atoms with Crippen molar-refractivity contribution < 1.29 is 0 Å². The van der Waals surface area contributed by atoms with Crippen molar-refractivity contribution in [1.29, 1.82) is 0 Å². The average molecular weight is 542 g/mol. The Morgan fingerprint density at radius 1 is 0.972 bits per heavy atom. The first kappa shape index (κ1) is 24.7. The van der Waals surface area contributed by atoms with E-state index >= 15 is 0 Å². The van der Waals surface area contributed by atoms with E-state index in [2.05, 4.69) is 118 Å². The van der Waals surface area contributed by atoms with E-state index in [1.807, 2.05) is 6.20 Å². The van der Waals surface area contributed by atoms with Crippen LogP contribution in [0.15, 0.2) is 83.5 Å². The number of fused-ring (bicyclic) bond motifs is 3. The highest BCUT2D eigenvalue weighted by Gasteiger charge is 2.27. The molecule has 5 heteroatoms. The van der Waals surface area contributed by atoms with Crippen molar-refractivity contribution in [3.8, 4) is 11.3 Å². The van der Waals surface area contributed by atoms with E-state index in [0.717, 1.165) is 35.2 Å². The fraction of sp³-hybridized carbons (Fsp3) is 0.290. The molecule has 1 N–H and O–H groups in total. The first-order valence-electron chi connectivity index (χ1n) is 12.9. The molecule has 0 spiro atoms. The van der Waals surface area contributed by atoms with Crippen molar-refractivity contribution in [3.05, 3.63) is 106 Å². The Hall–Kier alpha value is -3.02. The summed E-state index contributed by atoms with van der Waals surface area (Å²) in [6, 6.07) is 25.9. The molecule has 0 aliphatic heterocycles. The SMILES string of the molecule is CCCCN(C)CCc1ccc(Nc2ncc3c(n2)-c2ccccc2[C@@H](c2ccc(Br)cc2)C3)cc1. The third-order valence-electron chi connectivity index (χ3n) is 7.04. The van der Waals surface area contributed by atoms with Crippen molar-refractivity contribution in [1.82, 2.24) is 14.9 Å². The second-order valence-corrected chi connectivity index (χ2v) is 10.6. The summed E-state index contributed by atoms with van der Waals surface area (Å²) in [6.07, 6.45) is 6.46. The molecule has 1 aliphatic rings. The van der Waals surface area contributed by atoms with Crippen LogP contribution in [-0.2, 0) is 12.8 Å². The Morgan fingerprint density at radius 2 is 1.75 bits per heavy atom. The summed E-state index contributed by atoms with van der Waals surface area (Å²) in [5.74, 6) is 0.940. The normalized spacial score (nSPS) is 14.4. The quantitative estimate of drug-likeness (QED) is 0.237. The van der Waals surface area contributed by atoms with Gasteiger partial charge in [-0.3, -0.25) is 0 Å². The summed E-state index contributed by atoms with van der Waals surface area (Å²) in [4.78, 5) is 12.1. The number of hydrogen-bond donors (Lipinski definition) is 1. The monoisotopic (exact) mass is 540 g/mol. The lowest BCUT2D eigenvalue weighted by Crippen LogP contribution is -2.22. The van der Waals surface area contributed by atoms with E-state index in [-0.39, 0.29) is 0 Å². The molecule has 0 fully saturated rings. The minimum Gasteiger partial charge on any atom is -0.324 e. The number of anilines is 2. The zero-order valence-electron chi connectivity index (χ0n) is 21.0. The molecule has 1 aromatic heterocycles. The number of halogens is 1. The number of likely N-dealkylation sites (N-methyl/N-ethyl adjacent to an activating group) is 1. The first-order valence-corrected chi connectivity index (χ1v) is 13.6. The van der Waals surface area contributed by atoms with E-state index in [1.54, 1.807) is 0 Å². The van der Waals surface area contributed by atoms with Gasteiger partial charge < -0.3 is 10.2 Å². The topological polar surface area (TPSA) is 41.0 Å². The number of rotatable bonds is 9.